The molecule has 0 fully saturated rings. The average Bonchev–Trinajstić information content (AvgIpc) is 3.53. The van der Waals surface area contributed by atoms with Gasteiger partial charge in [-0.3, -0.25) is 9.59 Å². The van der Waals surface area contributed by atoms with Crippen molar-refractivity contribution >= 4 is 33.4 Å². The number of carbonyl (C=O) groups is 2. The molecule has 6 rings (SSSR count). The molecular formula is C36H34N2O2. The number of aromatic nitrogens is 2. The second-order valence-electron chi connectivity index (χ2n) is 10.2. The molecule has 200 valence electrons. The van der Waals surface area contributed by atoms with Gasteiger partial charge in [-0.25, -0.2) is 0 Å². The summed E-state index contributed by atoms with van der Waals surface area (Å²) in [4.78, 5) is 24.9. The summed E-state index contributed by atoms with van der Waals surface area (Å²) in [5.41, 5.74) is 6.30. The van der Waals surface area contributed by atoms with Crippen LogP contribution in [-0.2, 0) is 26.9 Å². The number of fused-ring (bicyclic) bond motifs is 2. The third-order valence-electron chi connectivity index (χ3n) is 7.36. The first-order valence-corrected chi connectivity index (χ1v) is 13.7. The number of benzene rings is 4. The van der Waals surface area contributed by atoms with E-state index in [9.17, 15) is 9.59 Å². The number of hydrogen-bond acceptors (Lipinski definition) is 2. The predicted molar refractivity (Wildman–Crippen MR) is 164 cm³/mol. The summed E-state index contributed by atoms with van der Waals surface area (Å²) in [6, 6.07) is 36.4. The summed E-state index contributed by atoms with van der Waals surface area (Å²) in [6.07, 6.45) is 6.58. The summed E-state index contributed by atoms with van der Waals surface area (Å²) in [6.45, 7) is 0. The Morgan fingerprint density at radius 1 is 0.500 bits per heavy atom. The second kappa shape index (κ2) is 12.4. The summed E-state index contributed by atoms with van der Waals surface area (Å²) in [5, 5.41) is 2.10. The SMILES string of the molecule is Cn1cc(C(=O)CCc2ccccc2)c2ccccc21.Cn1cc(C(=O)CCc2ccccc2)c2ccccc21. The fourth-order valence-electron chi connectivity index (χ4n) is 5.20. The summed E-state index contributed by atoms with van der Waals surface area (Å²) >= 11 is 0. The minimum Gasteiger partial charge on any atom is -0.350 e. The number of para-hydroxylation sites is 2. The van der Waals surface area contributed by atoms with Crippen molar-refractivity contribution in [2.45, 2.75) is 25.7 Å². The topological polar surface area (TPSA) is 44.0 Å². The van der Waals surface area contributed by atoms with E-state index in [4.69, 9.17) is 0 Å². The maximum absolute atomic E-state index is 12.4. The first kappa shape index (κ1) is 26.9. The molecule has 0 atom stereocenters. The first-order valence-electron chi connectivity index (χ1n) is 13.7. The molecule has 2 heterocycles. The van der Waals surface area contributed by atoms with Crippen molar-refractivity contribution in [2.24, 2.45) is 14.1 Å². The Morgan fingerprint density at radius 2 is 0.850 bits per heavy atom. The Hall–Kier alpha value is -4.70. The van der Waals surface area contributed by atoms with Gasteiger partial charge < -0.3 is 9.13 Å². The van der Waals surface area contributed by atoms with E-state index in [1.807, 2.05) is 121 Å². The fraction of sp³-hybridized carbons (Fsp3) is 0.167. The van der Waals surface area contributed by atoms with Crippen molar-refractivity contribution in [2.75, 3.05) is 0 Å². The van der Waals surface area contributed by atoms with Crippen molar-refractivity contribution in [3.05, 3.63) is 144 Å². The molecule has 0 radical (unpaired) electrons. The maximum Gasteiger partial charge on any atom is 0.165 e. The van der Waals surface area contributed by atoms with Crippen LogP contribution in [0.5, 0.6) is 0 Å². The highest BCUT2D eigenvalue weighted by Crippen LogP contribution is 2.23. The van der Waals surface area contributed by atoms with E-state index in [0.717, 1.165) is 45.8 Å². The molecule has 40 heavy (non-hydrogen) atoms. The van der Waals surface area contributed by atoms with Crippen molar-refractivity contribution < 1.29 is 9.59 Å². The average molecular weight is 527 g/mol. The highest BCUT2D eigenvalue weighted by Gasteiger charge is 2.14. The van der Waals surface area contributed by atoms with Crippen molar-refractivity contribution in [1.29, 1.82) is 0 Å². The lowest BCUT2D eigenvalue weighted by Gasteiger charge is -2.00. The zero-order valence-electron chi connectivity index (χ0n) is 23.1. The molecule has 0 N–H and O–H groups in total. The second-order valence-corrected chi connectivity index (χ2v) is 10.2. The number of rotatable bonds is 8. The summed E-state index contributed by atoms with van der Waals surface area (Å²) < 4.78 is 4.04. The molecule has 0 saturated carbocycles. The van der Waals surface area contributed by atoms with Gasteiger partial charge in [0.15, 0.2) is 11.6 Å². The van der Waals surface area contributed by atoms with E-state index in [2.05, 4.69) is 24.3 Å². The number of Topliss-reactive ketones (excluding diaryl/α,β-unsaturated/α-hetero) is 2. The van der Waals surface area contributed by atoms with Gasteiger partial charge in [0.05, 0.1) is 0 Å². The van der Waals surface area contributed by atoms with Gasteiger partial charge in [0.25, 0.3) is 0 Å². The van der Waals surface area contributed by atoms with E-state index in [1.54, 1.807) is 0 Å². The summed E-state index contributed by atoms with van der Waals surface area (Å²) in [5.74, 6) is 0.427. The van der Waals surface area contributed by atoms with E-state index >= 15 is 0 Å². The van der Waals surface area contributed by atoms with Gasteiger partial charge in [-0.05, 0) is 36.1 Å². The molecule has 0 amide bonds. The largest absolute Gasteiger partial charge is 0.350 e. The van der Waals surface area contributed by atoms with Gasteiger partial charge in [0.2, 0.25) is 0 Å². The molecule has 2 aromatic heterocycles. The van der Waals surface area contributed by atoms with E-state index < -0.39 is 0 Å². The molecule has 0 saturated heterocycles. The molecular weight excluding hydrogens is 492 g/mol. The molecule has 0 aliphatic rings. The number of aryl methyl sites for hydroxylation is 4. The van der Waals surface area contributed by atoms with Crippen LogP contribution in [0.25, 0.3) is 21.8 Å². The third kappa shape index (κ3) is 6.13. The zero-order valence-corrected chi connectivity index (χ0v) is 23.1. The van der Waals surface area contributed by atoms with Crippen LogP contribution in [0.3, 0.4) is 0 Å². The number of nitrogens with zero attached hydrogens (tertiary/aromatic N) is 2. The third-order valence-corrected chi connectivity index (χ3v) is 7.36. The van der Waals surface area contributed by atoms with Gasteiger partial charge in [-0.15, -0.1) is 0 Å². The van der Waals surface area contributed by atoms with Gasteiger partial charge >= 0.3 is 0 Å². The molecule has 4 heteroatoms. The molecule has 0 aliphatic heterocycles. The van der Waals surface area contributed by atoms with E-state index in [0.29, 0.717) is 12.8 Å². The zero-order chi connectivity index (χ0) is 27.9. The van der Waals surface area contributed by atoms with E-state index in [-0.39, 0.29) is 11.6 Å². The first-order chi connectivity index (χ1) is 19.5. The molecule has 0 bridgehead atoms. The van der Waals surface area contributed by atoms with Crippen molar-refractivity contribution in [1.82, 2.24) is 9.13 Å². The van der Waals surface area contributed by atoms with Crippen LogP contribution in [0, 0.1) is 0 Å². The quantitative estimate of drug-likeness (QED) is 0.189. The Bertz CT molecular complexity index is 1610. The number of carbonyl (C=O) groups excluding carboxylic acids is 2. The maximum atomic E-state index is 12.4. The normalized spacial score (nSPS) is 10.8. The van der Waals surface area contributed by atoms with Crippen LogP contribution < -0.4 is 0 Å². The van der Waals surface area contributed by atoms with Crippen LogP contribution in [-0.4, -0.2) is 20.7 Å². The Kier molecular flexibility index (Phi) is 8.36. The van der Waals surface area contributed by atoms with Crippen LogP contribution in [0.1, 0.15) is 44.7 Å². The van der Waals surface area contributed by atoms with Crippen LogP contribution in [0.15, 0.2) is 122 Å². The molecule has 0 aliphatic carbocycles. The fourth-order valence-corrected chi connectivity index (χ4v) is 5.20. The molecule has 4 aromatic carbocycles. The summed E-state index contributed by atoms with van der Waals surface area (Å²) in [7, 11) is 3.96. The van der Waals surface area contributed by atoms with Crippen LogP contribution in [0.2, 0.25) is 0 Å². The minimum absolute atomic E-state index is 0.214. The standard InChI is InChI=1S/2C18H17NO/c2*1-19-13-16(15-9-5-6-10-17(15)19)18(20)12-11-14-7-3-2-4-8-14/h2*2-10,13H,11-12H2,1H3. The number of ketones is 2. The smallest absolute Gasteiger partial charge is 0.165 e. The highest BCUT2D eigenvalue weighted by molar-refractivity contribution is 6.08. The van der Waals surface area contributed by atoms with E-state index in [1.165, 1.54) is 11.1 Å². The Labute approximate surface area is 235 Å². The highest BCUT2D eigenvalue weighted by atomic mass is 16.1. The lowest BCUT2D eigenvalue weighted by atomic mass is 10.0. The van der Waals surface area contributed by atoms with Gasteiger partial charge in [0.1, 0.15) is 0 Å². The monoisotopic (exact) mass is 526 g/mol. The Balaban J connectivity index is 0.000000161. The lowest BCUT2D eigenvalue weighted by molar-refractivity contribution is 0.0976. The van der Waals surface area contributed by atoms with Crippen molar-refractivity contribution in [3.63, 3.8) is 0 Å². The Morgan fingerprint density at radius 3 is 1.25 bits per heavy atom. The van der Waals surface area contributed by atoms with Crippen molar-refractivity contribution in [3.8, 4) is 0 Å². The predicted octanol–water partition coefficient (Wildman–Crippen LogP) is 7.99. The van der Waals surface area contributed by atoms with Crippen LogP contribution in [0.4, 0.5) is 0 Å². The lowest BCUT2D eigenvalue weighted by Crippen LogP contribution is -2.00. The molecule has 0 unspecified atom stereocenters. The number of hydrogen-bond donors (Lipinski definition) is 0. The van der Waals surface area contributed by atoms with Crippen LogP contribution >= 0.6 is 0 Å². The van der Waals surface area contributed by atoms with Gasteiger partial charge in [0, 0.05) is 72.3 Å². The molecule has 4 nitrogen and oxygen atoms in total. The molecule has 6 aromatic rings. The van der Waals surface area contributed by atoms with Gasteiger partial charge in [-0.2, -0.15) is 0 Å². The minimum atomic E-state index is 0.214. The molecule has 0 spiro atoms. The van der Waals surface area contributed by atoms with Gasteiger partial charge in [-0.1, -0.05) is 97.1 Å².